The number of aryl methyl sites for hydroxylation is 1. The Labute approximate surface area is 166 Å². The van der Waals surface area contributed by atoms with Gasteiger partial charge in [0.05, 0.1) is 41.3 Å². The van der Waals surface area contributed by atoms with Crippen LogP contribution in [0.2, 0.25) is 0 Å². The number of amides is 1. The van der Waals surface area contributed by atoms with E-state index < -0.39 is 0 Å². The Morgan fingerprint density at radius 2 is 1.78 bits per heavy atom. The summed E-state index contributed by atoms with van der Waals surface area (Å²) in [6.07, 6.45) is 0. The van der Waals surface area contributed by atoms with Crippen LogP contribution in [0.15, 0.2) is 46.9 Å². The molecule has 1 aromatic heterocycles. The number of nitrogens with zero attached hydrogens (tertiary/aromatic N) is 2. The maximum atomic E-state index is 12.6. The van der Waals surface area contributed by atoms with Crippen molar-refractivity contribution in [2.45, 2.75) is 13.8 Å². The van der Waals surface area contributed by atoms with E-state index in [0.29, 0.717) is 22.7 Å². The highest BCUT2D eigenvalue weighted by molar-refractivity contribution is 9.10. The minimum absolute atomic E-state index is 0.254. The number of hydrogen-bond acceptors (Lipinski definition) is 4. The summed E-state index contributed by atoms with van der Waals surface area (Å²) in [7, 11) is 3.09. The number of benzene rings is 2. The molecule has 0 atom stereocenters. The molecule has 3 rings (SSSR count). The van der Waals surface area contributed by atoms with Gasteiger partial charge in [-0.25, -0.2) is 4.68 Å². The predicted octanol–water partition coefficient (Wildman–Crippen LogP) is 4.52. The Kier molecular flexibility index (Phi) is 5.51. The standard InChI is InChI=1S/C20H20BrN3O3/c1-12-19(21)13(2)24(23-12)15-7-5-14(6-8-15)22-20(25)17-10-9-16(26-3)11-18(17)27-4/h5-11H,1-4H3,(H,22,25). The molecule has 0 spiro atoms. The van der Waals surface area contributed by atoms with Gasteiger partial charge in [-0.1, -0.05) is 0 Å². The SMILES string of the molecule is COc1ccc(C(=O)Nc2ccc(-n3nc(C)c(Br)c3C)cc2)c(OC)c1. The Morgan fingerprint density at radius 1 is 1.07 bits per heavy atom. The number of carbonyl (C=O) groups excluding carboxylic acids is 1. The molecule has 1 amide bonds. The molecule has 2 aromatic carbocycles. The van der Waals surface area contributed by atoms with Crippen molar-refractivity contribution >= 4 is 27.5 Å². The second kappa shape index (κ2) is 7.84. The topological polar surface area (TPSA) is 65.4 Å². The molecule has 0 radical (unpaired) electrons. The van der Waals surface area contributed by atoms with E-state index in [-0.39, 0.29) is 5.91 Å². The van der Waals surface area contributed by atoms with E-state index in [0.717, 1.165) is 21.5 Å². The van der Waals surface area contributed by atoms with E-state index in [1.165, 1.54) is 7.11 Å². The summed E-state index contributed by atoms with van der Waals surface area (Å²) in [4.78, 5) is 12.6. The van der Waals surface area contributed by atoms with Gasteiger partial charge < -0.3 is 14.8 Å². The van der Waals surface area contributed by atoms with Crippen LogP contribution in [0.5, 0.6) is 11.5 Å². The molecular weight excluding hydrogens is 410 g/mol. The zero-order valence-electron chi connectivity index (χ0n) is 15.5. The lowest BCUT2D eigenvalue weighted by molar-refractivity contribution is 0.102. The summed E-state index contributed by atoms with van der Waals surface area (Å²) >= 11 is 3.53. The fraction of sp³-hybridized carbons (Fsp3) is 0.200. The summed E-state index contributed by atoms with van der Waals surface area (Å²) in [5.41, 5.74) is 3.98. The number of rotatable bonds is 5. The first kappa shape index (κ1) is 19.0. The molecule has 3 aromatic rings. The smallest absolute Gasteiger partial charge is 0.259 e. The number of halogens is 1. The number of methoxy groups -OCH3 is 2. The van der Waals surface area contributed by atoms with Gasteiger partial charge in [0.25, 0.3) is 5.91 Å². The van der Waals surface area contributed by atoms with Gasteiger partial charge in [-0.15, -0.1) is 0 Å². The fourth-order valence-corrected chi connectivity index (χ4v) is 2.99. The van der Waals surface area contributed by atoms with Crippen molar-refractivity contribution in [3.8, 4) is 17.2 Å². The number of carbonyl (C=O) groups is 1. The van der Waals surface area contributed by atoms with Crippen LogP contribution in [0, 0.1) is 13.8 Å². The first-order valence-electron chi connectivity index (χ1n) is 8.30. The van der Waals surface area contributed by atoms with Gasteiger partial charge >= 0.3 is 0 Å². The molecule has 27 heavy (non-hydrogen) atoms. The van der Waals surface area contributed by atoms with Crippen LogP contribution in [0.4, 0.5) is 5.69 Å². The van der Waals surface area contributed by atoms with Crippen LogP contribution in [0.1, 0.15) is 21.7 Å². The molecule has 0 saturated carbocycles. The van der Waals surface area contributed by atoms with Crippen LogP contribution in [0.3, 0.4) is 0 Å². The third kappa shape index (κ3) is 3.83. The van der Waals surface area contributed by atoms with Gasteiger partial charge in [-0.2, -0.15) is 5.10 Å². The molecule has 0 saturated heterocycles. The molecule has 0 unspecified atom stereocenters. The number of ether oxygens (including phenoxy) is 2. The van der Waals surface area contributed by atoms with Gasteiger partial charge in [0.15, 0.2) is 0 Å². The molecule has 7 heteroatoms. The third-order valence-electron chi connectivity index (χ3n) is 4.23. The maximum Gasteiger partial charge on any atom is 0.259 e. The minimum Gasteiger partial charge on any atom is -0.497 e. The summed E-state index contributed by atoms with van der Waals surface area (Å²) in [6, 6.07) is 12.6. The van der Waals surface area contributed by atoms with Crippen molar-refractivity contribution in [3.63, 3.8) is 0 Å². The number of anilines is 1. The van der Waals surface area contributed by atoms with Crippen LogP contribution in [-0.4, -0.2) is 29.9 Å². The normalized spacial score (nSPS) is 10.6. The molecule has 0 bridgehead atoms. The second-order valence-electron chi connectivity index (χ2n) is 5.96. The molecule has 0 aliphatic heterocycles. The lowest BCUT2D eigenvalue weighted by Gasteiger charge is -2.11. The Hall–Kier alpha value is -2.80. The van der Waals surface area contributed by atoms with E-state index >= 15 is 0 Å². The molecule has 6 nitrogen and oxygen atoms in total. The molecule has 0 aliphatic rings. The quantitative estimate of drug-likeness (QED) is 0.647. The van der Waals surface area contributed by atoms with Crippen LogP contribution >= 0.6 is 15.9 Å². The Morgan fingerprint density at radius 3 is 2.33 bits per heavy atom. The monoisotopic (exact) mass is 429 g/mol. The van der Waals surface area contributed by atoms with Crippen molar-refractivity contribution in [2.75, 3.05) is 19.5 Å². The highest BCUT2D eigenvalue weighted by atomic mass is 79.9. The van der Waals surface area contributed by atoms with Gasteiger partial charge in [-0.3, -0.25) is 4.79 Å². The first-order chi connectivity index (χ1) is 12.9. The highest BCUT2D eigenvalue weighted by Gasteiger charge is 2.14. The summed E-state index contributed by atoms with van der Waals surface area (Å²) < 4.78 is 13.3. The van der Waals surface area contributed by atoms with Crippen molar-refractivity contribution < 1.29 is 14.3 Å². The van der Waals surface area contributed by atoms with E-state index in [9.17, 15) is 4.79 Å². The fourth-order valence-electron chi connectivity index (χ4n) is 2.75. The molecule has 1 heterocycles. The largest absolute Gasteiger partial charge is 0.497 e. The van der Waals surface area contributed by atoms with Gasteiger partial charge in [-0.05, 0) is 66.2 Å². The lowest BCUT2D eigenvalue weighted by atomic mass is 10.1. The van der Waals surface area contributed by atoms with Crippen molar-refractivity contribution in [1.29, 1.82) is 0 Å². The average Bonchev–Trinajstić information content (AvgIpc) is 2.95. The Bertz CT molecular complexity index is 981. The van der Waals surface area contributed by atoms with E-state index in [4.69, 9.17) is 9.47 Å². The van der Waals surface area contributed by atoms with Crippen LogP contribution in [0.25, 0.3) is 5.69 Å². The molecule has 0 fully saturated rings. The van der Waals surface area contributed by atoms with E-state index in [1.807, 2.05) is 42.8 Å². The molecule has 0 aliphatic carbocycles. The van der Waals surface area contributed by atoms with Crippen LogP contribution < -0.4 is 14.8 Å². The highest BCUT2D eigenvalue weighted by Crippen LogP contribution is 2.26. The Balaban J connectivity index is 1.80. The zero-order valence-corrected chi connectivity index (χ0v) is 17.1. The first-order valence-corrected chi connectivity index (χ1v) is 9.09. The summed E-state index contributed by atoms with van der Waals surface area (Å²) in [5.74, 6) is 0.830. The van der Waals surface area contributed by atoms with Gasteiger partial charge in [0, 0.05) is 11.8 Å². The van der Waals surface area contributed by atoms with Gasteiger partial charge in [0.2, 0.25) is 0 Å². The van der Waals surface area contributed by atoms with Crippen molar-refractivity contribution in [2.24, 2.45) is 0 Å². The second-order valence-corrected chi connectivity index (χ2v) is 6.76. The van der Waals surface area contributed by atoms with E-state index in [2.05, 4.69) is 26.3 Å². The maximum absolute atomic E-state index is 12.6. The number of nitrogens with one attached hydrogen (secondary N) is 1. The molecule has 140 valence electrons. The average molecular weight is 430 g/mol. The third-order valence-corrected chi connectivity index (χ3v) is 5.37. The molecule has 1 N–H and O–H groups in total. The lowest BCUT2D eigenvalue weighted by Crippen LogP contribution is -2.13. The predicted molar refractivity (Wildman–Crippen MR) is 108 cm³/mol. The minimum atomic E-state index is -0.254. The van der Waals surface area contributed by atoms with Crippen molar-refractivity contribution in [3.05, 3.63) is 63.9 Å². The molecular formula is C20H20BrN3O3. The number of hydrogen-bond donors (Lipinski definition) is 1. The summed E-state index contributed by atoms with van der Waals surface area (Å²) in [6.45, 7) is 3.94. The van der Waals surface area contributed by atoms with Crippen LogP contribution in [-0.2, 0) is 0 Å². The zero-order chi connectivity index (χ0) is 19.6. The van der Waals surface area contributed by atoms with Crippen molar-refractivity contribution in [1.82, 2.24) is 9.78 Å². The number of aromatic nitrogens is 2. The van der Waals surface area contributed by atoms with E-state index in [1.54, 1.807) is 25.3 Å². The van der Waals surface area contributed by atoms with Gasteiger partial charge in [0.1, 0.15) is 11.5 Å². The summed E-state index contributed by atoms with van der Waals surface area (Å²) in [5, 5.41) is 7.39.